The number of unbranched alkanes of at least 4 members (excludes halogenated alkanes) is 1. The van der Waals surface area contributed by atoms with E-state index in [1.165, 1.54) is 19.4 Å². The zero-order valence-corrected chi connectivity index (χ0v) is 8.56. The summed E-state index contributed by atoms with van der Waals surface area (Å²) in [6, 6.07) is 0. The van der Waals surface area contributed by atoms with Gasteiger partial charge in [-0.1, -0.05) is 26.3 Å². The summed E-state index contributed by atoms with van der Waals surface area (Å²) in [7, 11) is 4.17. The lowest BCUT2D eigenvalue weighted by molar-refractivity contribution is 0.402. The van der Waals surface area contributed by atoms with E-state index >= 15 is 0 Å². The Kier molecular flexibility index (Phi) is 15.0. The molecule has 0 aromatic carbocycles. The number of rotatable bonds is 4. The van der Waals surface area contributed by atoms with E-state index in [1.807, 2.05) is 6.08 Å². The first-order chi connectivity index (χ1) is 5.18. The average Bonchev–Trinajstić information content (AvgIpc) is 1.89. The summed E-state index contributed by atoms with van der Waals surface area (Å²) in [5.74, 6) is 0. The standard InChI is InChI=1S/C7H15N.C3H8/c1-4-5-6-7-8(2)3;1-3-2/h4H,1,5-7H2,2-3H3;3H2,1-2H3. The molecule has 1 heteroatoms. The lowest BCUT2D eigenvalue weighted by Gasteiger charge is -2.06. The Morgan fingerprint density at radius 1 is 1.27 bits per heavy atom. The molecule has 0 atom stereocenters. The number of nitrogens with zero attached hydrogens (tertiary/aromatic N) is 1. The molecule has 0 unspecified atom stereocenters. The lowest BCUT2D eigenvalue weighted by atomic mass is 10.3. The van der Waals surface area contributed by atoms with Crippen LogP contribution in [0.5, 0.6) is 0 Å². The zero-order valence-electron chi connectivity index (χ0n) is 8.56. The largest absolute Gasteiger partial charge is 0.309 e. The van der Waals surface area contributed by atoms with E-state index in [9.17, 15) is 0 Å². The summed E-state index contributed by atoms with van der Waals surface area (Å²) >= 11 is 0. The lowest BCUT2D eigenvalue weighted by Crippen LogP contribution is -2.12. The molecular weight excluding hydrogens is 134 g/mol. The van der Waals surface area contributed by atoms with Crippen LogP contribution in [0.15, 0.2) is 12.7 Å². The molecule has 0 saturated carbocycles. The van der Waals surface area contributed by atoms with Gasteiger partial charge in [0.1, 0.15) is 0 Å². The summed E-state index contributed by atoms with van der Waals surface area (Å²) < 4.78 is 0. The summed E-state index contributed by atoms with van der Waals surface area (Å²) in [5, 5.41) is 0. The molecule has 0 spiro atoms. The fourth-order valence-corrected chi connectivity index (χ4v) is 0.552. The van der Waals surface area contributed by atoms with Gasteiger partial charge in [-0.3, -0.25) is 0 Å². The molecule has 0 aliphatic heterocycles. The van der Waals surface area contributed by atoms with E-state index < -0.39 is 0 Å². The molecule has 0 amide bonds. The maximum atomic E-state index is 3.64. The fraction of sp³-hybridized carbons (Fsp3) is 0.800. The molecule has 11 heavy (non-hydrogen) atoms. The van der Waals surface area contributed by atoms with Gasteiger partial charge >= 0.3 is 0 Å². The minimum atomic E-state index is 1.14. The highest BCUT2D eigenvalue weighted by Crippen LogP contribution is 1.89. The van der Waals surface area contributed by atoms with Gasteiger partial charge in [0.25, 0.3) is 0 Å². The molecule has 0 rings (SSSR count). The molecule has 0 radical (unpaired) electrons. The molecule has 0 saturated heterocycles. The Labute approximate surface area is 72.1 Å². The van der Waals surface area contributed by atoms with Crippen molar-refractivity contribution in [1.29, 1.82) is 0 Å². The van der Waals surface area contributed by atoms with Gasteiger partial charge in [-0.2, -0.15) is 0 Å². The van der Waals surface area contributed by atoms with Crippen molar-refractivity contribution in [3.63, 3.8) is 0 Å². The molecular formula is C10H23N. The minimum absolute atomic E-state index is 1.14. The Bertz CT molecular complexity index is 67.3. The van der Waals surface area contributed by atoms with Gasteiger partial charge in [0.05, 0.1) is 0 Å². The molecule has 0 aliphatic rings. The Morgan fingerprint density at radius 3 is 2.00 bits per heavy atom. The predicted octanol–water partition coefficient (Wildman–Crippen LogP) is 2.93. The third-order valence-electron chi connectivity index (χ3n) is 1.01. The molecule has 0 bridgehead atoms. The summed E-state index contributed by atoms with van der Waals surface area (Å²) in [4.78, 5) is 2.18. The maximum Gasteiger partial charge on any atom is -0.00219 e. The molecule has 0 fully saturated rings. The van der Waals surface area contributed by atoms with Gasteiger partial charge in [-0.25, -0.2) is 0 Å². The Morgan fingerprint density at radius 2 is 1.73 bits per heavy atom. The van der Waals surface area contributed by atoms with Crippen molar-refractivity contribution in [2.24, 2.45) is 0 Å². The third-order valence-corrected chi connectivity index (χ3v) is 1.01. The normalized spacial score (nSPS) is 8.82. The van der Waals surface area contributed by atoms with Crippen LogP contribution in [0.4, 0.5) is 0 Å². The van der Waals surface area contributed by atoms with Gasteiger partial charge in [-0.15, -0.1) is 6.58 Å². The maximum absolute atomic E-state index is 3.64. The highest BCUT2D eigenvalue weighted by atomic mass is 15.0. The summed E-state index contributed by atoms with van der Waals surface area (Å²) in [5.41, 5.74) is 0. The van der Waals surface area contributed by atoms with Crippen LogP contribution in [-0.4, -0.2) is 25.5 Å². The van der Waals surface area contributed by atoms with Crippen LogP contribution in [0, 0.1) is 0 Å². The predicted molar refractivity (Wildman–Crippen MR) is 54.0 cm³/mol. The van der Waals surface area contributed by atoms with E-state index in [2.05, 4.69) is 39.4 Å². The SMILES string of the molecule is C=CCCCN(C)C.CCC. The van der Waals surface area contributed by atoms with E-state index in [0.717, 1.165) is 6.42 Å². The zero-order chi connectivity index (χ0) is 9.11. The van der Waals surface area contributed by atoms with E-state index in [1.54, 1.807) is 0 Å². The van der Waals surface area contributed by atoms with Crippen molar-refractivity contribution in [3.05, 3.63) is 12.7 Å². The molecule has 68 valence electrons. The second kappa shape index (κ2) is 12.4. The van der Waals surface area contributed by atoms with Crippen molar-refractivity contribution >= 4 is 0 Å². The van der Waals surface area contributed by atoms with E-state index in [4.69, 9.17) is 0 Å². The molecule has 1 nitrogen and oxygen atoms in total. The van der Waals surface area contributed by atoms with Crippen LogP contribution in [0.1, 0.15) is 33.1 Å². The van der Waals surface area contributed by atoms with Crippen molar-refractivity contribution in [2.45, 2.75) is 33.1 Å². The van der Waals surface area contributed by atoms with Crippen molar-refractivity contribution in [3.8, 4) is 0 Å². The van der Waals surface area contributed by atoms with Gasteiger partial charge < -0.3 is 4.90 Å². The topological polar surface area (TPSA) is 3.24 Å². The van der Waals surface area contributed by atoms with Crippen molar-refractivity contribution in [2.75, 3.05) is 20.6 Å². The molecule has 0 heterocycles. The first-order valence-electron chi connectivity index (χ1n) is 4.44. The molecule has 0 aromatic heterocycles. The van der Waals surface area contributed by atoms with E-state index in [0.29, 0.717) is 0 Å². The summed E-state index contributed by atoms with van der Waals surface area (Å²) in [6.07, 6.45) is 5.58. The second-order valence-electron chi connectivity index (χ2n) is 2.94. The van der Waals surface area contributed by atoms with Crippen LogP contribution >= 0.6 is 0 Å². The Hall–Kier alpha value is -0.300. The highest BCUT2D eigenvalue weighted by molar-refractivity contribution is 4.65. The van der Waals surface area contributed by atoms with E-state index in [-0.39, 0.29) is 0 Å². The Balaban J connectivity index is 0. The molecule has 0 aliphatic carbocycles. The summed E-state index contributed by atoms with van der Waals surface area (Å²) in [6.45, 7) is 9.06. The quantitative estimate of drug-likeness (QED) is 0.448. The van der Waals surface area contributed by atoms with Crippen LogP contribution < -0.4 is 0 Å². The smallest absolute Gasteiger partial charge is 0.00219 e. The number of allylic oxidation sites excluding steroid dienone is 1. The van der Waals surface area contributed by atoms with Crippen LogP contribution in [-0.2, 0) is 0 Å². The van der Waals surface area contributed by atoms with Gasteiger partial charge in [0.2, 0.25) is 0 Å². The highest BCUT2D eigenvalue weighted by Gasteiger charge is 1.85. The molecule has 0 aromatic rings. The first kappa shape index (κ1) is 13.3. The number of hydrogen-bond donors (Lipinski definition) is 0. The third kappa shape index (κ3) is 26.0. The fourth-order valence-electron chi connectivity index (χ4n) is 0.552. The molecule has 0 N–H and O–H groups in total. The monoisotopic (exact) mass is 157 g/mol. The van der Waals surface area contributed by atoms with Crippen LogP contribution in [0.2, 0.25) is 0 Å². The van der Waals surface area contributed by atoms with Gasteiger partial charge in [0.15, 0.2) is 0 Å². The minimum Gasteiger partial charge on any atom is -0.309 e. The van der Waals surface area contributed by atoms with Crippen LogP contribution in [0.3, 0.4) is 0 Å². The van der Waals surface area contributed by atoms with Crippen molar-refractivity contribution in [1.82, 2.24) is 4.90 Å². The number of hydrogen-bond acceptors (Lipinski definition) is 1. The second-order valence-corrected chi connectivity index (χ2v) is 2.94. The van der Waals surface area contributed by atoms with Gasteiger partial charge in [-0.05, 0) is 33.5 Å². The first-order valence-corrected chi connectivity index (χ1v) is 4.44. The van der Waals surface area contributed by atoms with Crippen LogP contribution in [0.25, 0.3) is 0 Å². The van der Waals surface area contributed by atoms with Crippen molar-refractivity contribution < 1.29 is 0 Å². The average molecular weight is 157 g/mol. The van der Waals surface area contributed by atoms with Gasteiger partial charge in [0, 0.05) is 0 Å².